The molecule has 2 rings (SSSR count). The van der Waals surface area contributed by atoms with Crippen LogP contribution in [0, 0.1) is 0 Å². The van der Waals surface area contributed by atoms with E-state index in [1.54, 1.807) is 0 Å². The summed E-state index contributed by atoms with van der Waals surface area (Å²) in [4.78, 5) is 10.5. The predicted octanol–water partition coefficient (Wildman–Crippen LogP) is 1.84. The van der Waals surface area contributed by atoms with Crippen molar-refractivity contribution >= 4 is 26.5 Å². The normalized spacial score (nSPS) is 11.1. The average molecular weight is 367 g/mol. The Balaban J connectivity index is 2.74. The number of rotatable bonds is 5. The summed E-state index contributed by atoms with van der Waals surface area (Å²) in [5.41, 5.74) is 1.27. The smallest absolute Gasteiger partial charge is 0.308 e. The maximum absolute atomic E-state index is 12.1. The molecule has 0 amide bonds. The topological polar surface area (TPSA) is 94.6 Å². The molecule has 8 heteroatoms. The molecule has 24 heavy (non-hydrogen) atoms. The van der Waals surface area contributed by atoms with E-state index in [0.29, 0.717) is 5.56 Å². The van der Waals surface area contributed by atoms with Crippen LogP contribution in [0.25, 0.3) is 0 Å². The molecule has 0 bridgehead atoms. The van der Waals surface area contributed by atoms with Gasteiger partial charge in [-0.2, -0.15) is 8.42 Å². The number of esters is 1. The van der Waals surface area contributed by atoms with Gasteiger partial charge in [0.15, 0.2) is 15.6 Å². The van der Waals surface area contributed by atoms with Gasteiger partial charge < -0.3 is 4.74 Å². The molecule has 0 aliphatic heterocycles. The number of ether oxygens (including phenoxy) is 1. The summed E-state index contributed by atoms with van der Waals surface area (Å²) < 4.78 is 52.0. The van der Waals surface area contributed by atoms with Crippen molar-refractivity contribution in [2.45, 2.75) is 23.1 Å². The van der Waals surface area contributed by atoms with Crippen LogP contribution in [0.5, 0.6) is 5.75 Å². The van der Waals surface area contributed by atoms with Crippen molar-refractivity contribution in [2.24, 2.45) is 0 Å². The van der Waals surface area contributed by atoms with Crippen LogP contribution in [0.2, 0.25) is 0 Å². The molecule has 0 N–H and O–H groups in total. The van der Waals surface area contributed by atoms with Crippen LogP contribution in [0.15, 0.2) is 52.3 Å². The molecule has 0 aliphatic rings. The van der Waals surface area contributed by atoms with E-state index in [-0.39, 0.29) is 12.2 Å². The lowest BCUT2D eigenvalue weighted by Gasteiger charge is -2.14. The number of carbonyl (C=O) groups is 1. The van der Waals surface area contributed by atoms with Crippen molar-refractivity contribution < 1.29 is 26.4 Å². The molecule has 6 nitrogen and oxygen atoms in total. The third-order valence-electron chi connectivity index (χ3n) is 3.19. The molecule has 0 aromatic heterocycles. The first-order chi connectivity index (χ1) is 11.2. The maximum Gasteiger partial charge on any atom is 0.308 e. The molecular weight excluding hydrogens is 352 g/mol. The highest BCUT2D eigenvalue weighted by molar-refractivity contribution is 7.91. The van der Waals surface area contributed by atoms with Gasteiger partial charge in [-0.25, -0.2) is 8.42 Å². The van der Waals surface area contributed by atoms with E-state index in [0.717, 1.165) is 18.7 Å². The van der Waals surface area contributed by atoms with Gasteiger partial charge in [0.05, 0.1) is 0 Å². The van der Waals surface area contributed by atoms with Gasteiger partial charge >= 0.3 is 5.97 Å². The molecular formula is C16H15O6S2. The summed E-state index contributed by atoms with van der Waals surface area (Å²) >= 11 is 0. The summed E-state index contributed by atoms with van der Waals surface area (Å²) in [5, 5.41) is 0. The van der Waals surface area contributed by atoms with Crippen molar-refractivity contribution in [1.82, 2.24) is 0 Å². The zero-order chi connectivity index (χ0) is 17.9. The largest absolute Gasteiger partial charge is 0.425 e. The first kappa shape index (κ1) is 18.0. The summed E-state index contributed by atoms with van der Waals surface area (Å²) in [7, 11) is -6.73. The molecule has 2 aromatic rings. The quantitative estimate of drug-likeness (QED) is 0.591. The van der Waals surface area contributed by atoms with Gasteiger partial charge in [0.25, 0.3) is 0 Å². The van der Waals surface area contributed by atoms with E-state index < -0.39 is 36.3 Å². The highest BCUT2D eigenvalue weighted by Gasteiger charge is 2.26. The molecule has 1 radical (unpaired) electrons. The van der Waals surface area contributed by atoms with Crippen LogP contribution in [-0.4, -0.2) is 29.1 Å². The maximum atomic E-state index is 12.1. The van der Waals surface area contributed by atoms with Crippen LogP contribution in [0.4, 0.5) is 0 Å². The number of sulfone groups is 1. The van der Waals surface area contributed by atoms with Crippen LogP contribution >= 0.6 is 0 Å². The number of benzene rings is 2. The second-order valence-electron chi connectivity index (χ2n) is 5.14. The van der Waals surface area contributed by atoms with Crippen molar-refractivity contribution in [3.8, 4) is 5.75 Å². The van der Waals surface area contributed by atoms with E-state index in [1.807, 2.05) is 30.3 Å². The number of hydrogen-bond acceptors (Lipinski definition) is 6. The fraction of sp³-hybridized carbons (Fsp3) is 0.188. The number of hydrogen-bond donors (Lipinski definition) is 0. The third-order valence-corrected chi connectivity index (χ3v) is 5.17. The summed E-state index contributed by atoms with van der Waals surface area (Å²) in [6.07, 6.45) is 1.16. The molecule has 0 aliphatic carbocycles. The van der Waals surface area contributed by atoms with Gasteiger partial charge in [-0.1, -0.05) is 36.4 Å². The molecule has 0 saturated heterocycles. The lowest BCUT2D eigenvalue weighted by Crippen LogP contribution is -2.12. The van der Waals surface area contributed by atoms with Gasteiger partial charge in [-0.3, -0.25) is 4.79 Å². The van der Waals surface area contributed by atoms with E-state index in [1.165, 1.54) is 12.1 Å². The summed E-state index contributed by atoms with van der Waals surface area (Å²) in [6.45, 7) is 1.12. The Labute approximate surface area is 142 Å². The minimum absolute atomic E-state index is 0.240. The highest BCUT2D eigenvalue weighted by Crippen LogP contribution is 2.34. The Morgan fingerprint density at radius 2 is 1.71 bits per heavy atom. The van der Waals surface area contributed by atoms with Crippen molar-refractivity contribution in [1.29, 1.82) is 0 Å². The molecule has 0 saturated carbocycles. The van der Waals surface area contributed by atoms with E-state index in [4.69, 9.17) is 4.74 Å². The van der Waals surface area contributed by atoms with E-state index >= 15 is 0 Å². The fourth-order valence-electron chi connectivity index (χ4n) is 2.28. The minimum Gasteiger partial charge on any atom is -0.425 e. The van der Waals surface area contributed by atoms with Gasteiger partial charge in [0, 0.05) is 25.2 Å². The SMILES string of the molecule is CC(=O)Oc1c(Cc2ccccc2)ccc([S](=O)=O)c1S(C)(=O)=O. The predicted molar refractivity (Wildman–Crippen MR) is 87.3 cm³/mol. The van der Waals surface area contributed by atoms with Crippen LogP contribution in [0.1, 0.15) is 18.1 Å². The summed E-state index contributed by atoms with van der Waals surface area (Å²) in [6, 6.07) is 11.8. The molecule has 2 aromatic carbocycles. The Kier molecular flexibility index (Phi) is 5.30. The summed E-state index contributed by atoms with van der Waals surface area (Å²) in [5.74, 6) is -0.974. The molecule has 0 fully saturated rings. The number of carbonyl (C=O) groups excluding carboxylic acids is 1. The Bertz CT molecular complexity index is 936. The van der Waals surface area contributed by atoms with Gasteiger partial charge in [0.2, 0.25) is 10.7 Å². The lowest BCUT2D eigenvalue weighted by molar-refractivity contribution is -0.132. The first-order valence-electron chi connectivity index (χ1n) is 6.87. The Morgan fingerprint density at radius 1 is 1.08 bits per heavy atom. The Morgan fingerprint density at radius 3 is 2.21 bits per heavy atom. The minimum atomic E-state index is -3.94. The molecule has 127 valence electrons. The van der Waals surface area contributed by atoms with Crippen LogP contribution < -0.4 is 4.74 Å². The Hall–Kier alpha value is -2.32. The van der Waals surface area contributed by atoms with Gasteiger partial charge in [0.1, 0.15) is 9.79 Å². The monoisotopic (exact) mass is 367 g/mol. The van der Waals surface area contributed by atoms with Crippen LogP contribution in [0.3, 0.4) is 0 Å². The molecule has 0 unspecified atom stereocenters. The second kappa shape index (κ2) is 7.06. The third kappa shape index (κ3) is 4.15. The fourth-order valence-corrected chi connectivity index (χ4v) is 4.30. The molecule has 0 spiro atoms. The van der Waals surface area contributed by atoms with Crippen molar-refractivity contribution in [3.05, 3.63) is 53.6 Å². The zero-order valence-corrected chi connectivity index (χ0v) is 14.6. The molecule has 0 atom stereocenters. The molecule has 0 heterocycles. The average Bonchev–Trinajstić information content (AvgIpc) is 2.47. The first-order valence-corrected chi connectivity index (χ1v) is 9.84. The van der Waals surface area contributed by atoms with E-state index in [2.05, 4.69) is 0 Å². The van der Waals surface area contributed by atoms with Crippen molar-refractivity contribution in [3.63, 3.8) is 0 Å². The lowest BCUT2D eigenvalue weighted by atomic mass is 10.0. The second-order valence-corrected chi connectivity index (χ2v) is 8.01. The zero-order valence-electron chi connectivity index (χ0n) is 13.0. The van der Waals surface area contributed by atoms with Crippen molar-refractivity contribution in [2.75, 3.05) is 6.26 Å². The van der Waals surface area contributed by atoms with Gasteiger partial charge in [-0.15, -0.1) is 0 Å². The van der Waals surface area contributed by atoms with Crippen LogP contribution in [-0.2, 0) is 31.8 Å². The van der Waals surface area contributed by atoms with E-state index in [9.17, 15) is 21.6 Å². The van der Waals surface area contributed by atoms with Gasteiger partial charge in [-0.05, 0) is 11.6 Å². The highest BCUT2D eigenvalue weighted by atomic mass is 32.2. The standard InChI is InChI=1S/C16H15O6S2/c1-11(17)22-15-13(10-12-6-4-3-5-7-12)8-9-14(23(18)19)16(15)24(2,20)21/h3-9H,10H2,1-2H3.